The number of rotatable bonds is 4. The molecule has 2 aromatic rings. The predicted octanol–water partition coefficient (Wildman–Crippen LogP) is 0.237. The summed E-state index contributed by atoms with van der Waals surface area (Å²) >= 11 is 1.38. The number of fused-ring (bicyclic) bond motifs is 1. The van der Waals surface area contributed by atoms with Crippen LogP contribution in [0.4, 0.5) is 0 Å². The van der Waals surface area contributed by atoms with Crippen molar-refractivity contribution in [3.63, 3.8) is 0 Å². The SMILES string of the molecule is Cc1cnc2n(c1=O)C[C@@H](C(=O)NCc1ccc(S(N)(=O)=O)cc1)CS2. The first kappa shape index (κ1) is 18.6. The summed E-state index contributed by atoms with van der Waals surface area (Å²) in [5, 5.41) is 8.51. The van der Waals surface area contributed by atoms with Crippen LogP contribution in [0.2, 0.25) is 0 Å². The number of thioether (sulfide) groups is 1. The number of primary sulfonamides is 1. The van der Waals surface area contributed by atoms with Crippen LogP contribution in [0.25, 0.3) is 0 Å². The van der Waals surface area contributed by atoms with E-state index >= 15 is 0 Å². The second-order valence-electron chi connectivity index (χ2n) is 6.05. The molecule has 0 saturated heterocycles. The molecule has 0 radical (unpaired) electrons. The number of nitrogens with one attached hydrogen (secondary N) is 1. The lowest BCUT2D eigenvalue weighted by molar-refractivity contribution is -0.125. The van der Waals surface area contributed by atoms with Crippen molar-refractivity contribution in [1.29, 1.82) is 0 Å². The number of carbonyl (C=O) groups is 1. The van der Waals surface area contributed by atoms with Crippen LogP contribution in [0.5, 0.6) is 0 Å². The Hall–Kier alpha value is -2.17. The van der Waals surface area contributed by atoms with E-state index in [1.807, 2.05) is 0 Å². The van der Waals surface area contributed by atoms with Crippen molar-refractivity contribution in [3.05, 3.63) is 51.9 Å². The maximum Gasteiger partial charge on any atom is 0.257 e. The van der Waals surface area contributed by atoms with Gasteiger partial charge in [0.2, 0.25) is 15.9 Å². The zero-order valence-electron chi connectivity index (χ0n) is 14.0. The molecule has 138 valence electrons. The molecule has 0 aliphatic carbocycles. The Balaban J connectivity index is 1.64. The first-order valence-corrected chi connectivity index (χ1v) is 10.4. The van der Waals surface area contributed by atoms with Gasteiger partial charge in [0.05, 0.1) is 10.8 Å². The number of hydrogen-bond donors (Lipinski definition) is 2. The van der Waals surface area contributed by atoms with Crippen molar-refractivity contribution in [2.24, 2.45) is 11.1 Å². The van der Waals surface area contributed by atoms with Crippen molar-refractivity contribution < 1.29 is 13.2 Å². The average Bonchev–Trinajstić information content (AvgIpc) is 2.62. The normalized spacial score (nSPS) is 16.8. The third-order valence-electron chi connectivity index (χ3n) is 4.09. The molecule has 8 nitrogen and oxygen atoms in total. The van der Waals surface area contributed by atoms with Gasteiger partial charge in [-0.2, -0.15) is 0 Å². The number of hydrogen-bond acceptors (Lipinski definition) is 6. The van der Waals surface area contributed by atoms with Gasteiger partial charge in [-0.1, -0.05) is 23.9 Å². The molecule has 0 saturated carbocycles. The van der Waals surface area contributed by atoms with Crippen LogP contribution < -0.4 is 16.0 Å². The molecular weight excluding hydrogens is 376 g/mol. The van der Waals surface area contributed by atoms with E-state index in [0.29, 0.717) is 23.0 Å². The van der Waals surface area contributed by atoms with Gasteiger partial charge in [-0.3, -0.25) is 14.2 Å². The molecule has 1 aliphatic rings. The molecule has 0 bridgehead atoms. The van der Waals surface area contributed by atoms with E-state index in [2.05, 4.69) is 10.3 Å². The summed E-state index contributed by atoms with van der Waals surface area (Å²) < 4.78 is 24.0. The second kappa shape index (κ2) is 7.22. The van der Waals surface area contributed by atoms with Gasteiger partial charge in [0.15, 0.2) is 5.16 Å². The highest BCUT2D eigenvalue weighted by atomic mass is 32.2. The summed E-state index contributed by atoms with van der Waals surface area (Å²) in [4.78, 5) is 28.9. The quantitative estimate of drug-likeness (QED) is 0.716. The summed E-state index contributed by atoms with van der Waals surface area (Å²) in [5.41, 5.74) is 1.17. The average molecular weight is 394 g/mol. The standard InChI is InChI=1S/C16H18N4O4S2/c1-10-6-19-16-20(15(10)22)8-12(9-25-16)14(21)18-7-11-2-4-13(5-3-11)26(17,23)24/h2-6,12H,7-9H2,1H3,(H,18,21)(H2,17,23,24)/t12-/m1/s1. The Bertz CT molecular complexity index is 1000. The molecule has 1 atom stereocenters. The lowest BCUT2D eigenvalue weighted by Gasteiger charge is -2.24. The van der Waals surface area contributed by atoms with Crippen molar-refractivity contribution in [1.82, 2.24) is 14.9 Å². The van der Waals surface area contributed by atoms with E-state index in [9.17, 15) is 18.0 Å². The molecule has 1 amide bonds. The predicted molar refractivity (Wildman–Crippen MR) is 97.1 cm³/mol. The summed E-state index contributed by atoms with van der Waals surface area (Å²) in [5.74, 6) is 0.0515. The molecule has 0 unspecified atom stereocenters. The molecule has 0 spiro atoms. The fraction of sp³-hybridized carbons (Fsp3) is 0.312. The molecule has 26 heavy (non-hydrogen) atoms. The van der Waals surface area contributed by atoms with Crippen molar-refractivity contribution in [3.8, 4) is 0 Å². The monoisotopic (exact) mass is 394 g/mol. The fourth-order valence-electron chi connectivity index (χ4n) is 2.59. The highest BCUT2D eigenvalue weighted by molar-refractivity contribution is 7.99. The minimum Gasteiger partial charge on any atom is -0.352 e. The Morgan fingerprint density at radius 1 is 1.38 bits per heavy atom. The number of sulfonamides is 1. The Kier molecular flexibility index (Phi) is 5.17. The van der Waals surface area contributed by atoms with Crippen LogP contribution in [0.15, 0.2) is 45.3 Å². The van der Waals surface area contributed by atoms with Gasteiger partial charge in [0.25, 0.3) is 5.56 Å². The van der Waals surface area contributed by atoms with Crippen LogP contribution in [0.1, 0.15) is 11.1 Å². The molecule has 10 heteroatoms. The third-order valence-corrected chi connectivity index (χ3v) is 6.17. The number of amides is 1. The van der Waals surface area contributed by atoms with Gasteiger partial charge in [-0.05, 0) is 24.6 Å². The van der Waals surface area contributed by atoms with Crippen LogP contribution in [0.3, 0.4) is 0 Å². The zero-order chi connectivity index (χ0) is 18.9. The summed E-state index contributed by atoms with van der Waals surface area (Å²) in [6, 6.07) is 6.00. The van der Waals surface area contributed by atoms with Gasteiger partial charge in [0, 0.05) is 30.6 Å². The van der Waals surface area contributed by atoms with Gasteiger partial charge >= 0.3 is 0 Å². The lowest BCUT2D eigenvalue weighted by atomic mass is 10.1. The van der Waals surface area contributed by atoms with Gasteiger partial charge < -0.3 is 5.32 Å². The van der Waals surface area contributed by atoms with Crippen molar-refractivity contribution in [2.45, 2.75) is 30.1 Å². The molecule has 1 aliphatic heterocycles. The fourth-order valence-corrected chi connectivity index (χ4v) is 4.15. The minimum absolute atomic E-state index is 0.0232. The molecular formula is C16H18N4O4S2. The van der Waals surface area contributed by atoms with E-state index in [-0.39, 0.29) is 28.8 Å². The molecule has 1 aromatic heterocycles. The Labute approximate surface area is 154 Å². The van der Waals surface area contributed by atoms with E-state index in [1.54, 1.807) is 25.3 Å². The number of nitrogens with zero attached hydrogens (tertiary/aromatic N) is 2. The summed E-state index contributed by atoms with van der Waals surface area (Å²) in [7, 11) is -3.73. The Morgan fingerprint density at radius 3 is 2.73 bits per heavy atom. The smallest absolute Gasteiger partial charge is 0.257 e. The number of benzene rings is 1. The molecule has 3 rings (SSSR count). The zero-order valence-corrected chi connectivity index (χ0v) is 15.6. The maximum absolute atomic E-state index is 12.4. The highest BCUT2D eigenvalue weighted by Crippen LogP contribution is 2.25. The van der Waals surface area contributed by atoms with E-state index in [0.717, 1.165) is 5.56 Å². The summed E-state index contributed by atoms with van der Waals surface area (Å²) in [6.45, 7) is 2.26. The van der Waals surface area contributed by atoms with Crippen molar-refractivity contribution >= 4 is 27.7 Å². The maximum atomic E-state index is 12.4. The van der Waals surface area contributed by atoms with E-state index in [1.165, 1.54) is 28.5 Å². The van der Waals surface area contributed by atoms with Crippen LogP contribution in [-0.2, 0) is 27.9 Å². The third kappa shape index (κ3) is 3.97. The van der Waals surface area contributed by atoms with Crippen LogP contribution in [0, 0.1) is 12.8 Å². The van der Waals surface area contributed by atoms with Gasteiger partial charge in [0.1, 0.15) is 0 Å². The molecule has 2 heterocycles. The molecule has 3 N–H and O–H groups in total. The van der Waals surface area contributed by atoms with Crippen LogP contribution in [-0.4, -0.2) is 29.6 Å². The molecule has 1 aromatic carbocycles. The minimum atomic E-state index is -3.73. The van der Waals surface area contributed by atoms with Crippen molar-refractivity contribution in [2.75, 3.05) is 5.75 Å². The number of carbonyl (C=O) groups excluding carboxylic acids is 1. The first-order chi connectivity index (χ1) is 12.3. The number of aryl methyl sites for hydroxylation is 1. The first-order valence-electron chi connectivity index (χ1n) is 7.84. The second-order valence-corrected chi connectivity index (χ2v) is 8.60. The van der Waals surface area contributed by atoms with E-state index < -0.39 is 10.0 Å². The van der Waals surface area contributed by atoms with Gasteiger partial charge in [-0.25, -0.2) is 18.5 Å². The van der Waals surface area contributed by atoms with Gasteiger partial charge in [-0.15, -0.1) is 0 Å². The number of aromatic nitrogens is 2. The summed E-state index contributed by atoms with van der Waals surface area (Å²) in [6.07, 6.45) is 1.55. The number of nitrogens with two attached hydrogens (primary N) is 1. The van der Waals surface area contributed by atoms with Crippen LogP contribution >= 0.6 is 11.8 Å². The van der Waals surface area contributed by atoms with E-state index in [4.69, 9.17) is 5.14 Å². The largest absolute Gasteiger partial charge is 0.352 e. The molecule has 0 fully saturated rings. The lowest BCUT2D eigenvalue weighted by Crippen LogP contribution is -2.40. The topological polar surface area (TPSA) is 124 Å². The Morgan fingerprint density at radius 2 is 2.08 bits per heavy atom. The highest BCUT2D eigenvalue weighted by Gasteiger charge is 2.26.